The maximum atomic E-state index is 11.7. The number of hydrogen-bond donors (Lipinski definition) is 2. The molecule has 2 N–H and O–H groups in total. The van der Waals surface area contributed by atoms with E-state index in [1.807, 2.05) is 0 Å². The highest BCUT2D eigenvalue weighted by Gasteiger charge is 2.01. The predicted molar refractivity (Wildman–Crippen MR) is 119 cm³/mol. The van der Waals surface area contributed by atoms with Gasteiger partial charge in [-0.1, -0.05) is 71.6 Å². The zero-order valence-corrected chi connectivity index (χ0v) is 19.1. The molecule has 6 nitrogen and oxygen atoms in total. The van der Waals surface area contributed by atoms with Gasteiger partial charge in [-0.2, -0.15) is 0 Å². The third kappa shape index (κ3) is 23.0. The third-order valence-corrected chi connectivity index (χ3v) is 4.77. The Morgan fingerprint density at radius 1 is 0.552 bits per heavy atom. The van der Waals surface area contributed by atoms with Gasteiger partial charge in [0.1, 0.15) is 0 Å². The normalized spacial score (nSPS) is 10.8. The molecule has 0 aliphatic carbocycles. The van der Waals surface area contributed by atoms with Crippen molar-refractivity contribution < 1.29 is 19.1 Å². The molecule has 29 heavy (non-hydrogen) atoms. The molecular formula is C23H46N2O4. The van der Waals surface area contributed by atoms with Crippen LogP contribution in [0.3, 0.4) is 0 Å². The lowest BCUT2D eigenvalue weighted by atomic mass is 10.1. The molecule has 2 amide bonds. The summed E-state index contributed by atoms with van der Waals surface area (Å²) in [5.74, 6) is 0.214. The lowest BCUT2D eigenvalue weighted by Crippen LogP contribution is -2.28. The second-order valence-electron chi connectivity index (χ2n) is 7.61. The molecule has 0 bridgehead atoms. The quantitative estimate of drug-likeness (QED) is 0.258. The minimum absolute atomic E-state index is 0.0982. The fourth-order valence-corrected chi connectivity index (χ4v) is 2.98. The molecule has 0 saturated heterocycles. The molecule has 0 aromatic rings. The van der Waals surface area contributed by atoms with E-state index < -0.39 is 0 Å². The molecule has 0 unspecified atom stereocenters. The van der Waals surface area contributed by atoms with Gasteiger partial charge in [-0.3, -0.25) is 9.59 Å². The van der Waals surface area contributed by atoms with Gasteiger partial charge in [0, 0.05) is 25.9 Å². The second kappa shape index (κ2) is 23.1. The van der Waals surface area contributed by atoms with Crippen molar-refractivity contribution in [2.75, 3.05) is 39.5 Å². The molecular weight excluding hydrogens is 368 g/mol. The van der Waals surface area contributed by atoms with Crippen molar-refractivity contribution in [1.82, 2.24) is 10.6 Å². The molecule has 0 radical (unpaired) electrons. The first-order chi connectivity index (χ1) is 14.2. The Morgan fingerprint density at radius 2 is 0.931 bits per heavy atom. The maximum Gasteiger partial charge on any atom is 0.220 e. The van der Waals surface area contributed by atoms with Crippen LogP contribution in [0.5, 0.6) is 0 Å². The summed E-state index contributed by atoms with van der Waals surface area (Å²) in [6, 6.07) is 0. The van der Waals surface area contributed by atoms with Crippen LogP contribution in [0, 0.1) is 0 Å². The Kier molecular flexibility index (Phi) is 22.2. The van der Waals surface area contributed by atoms with Gasteiger partial charge in [0.2, 0.25) is 11.8 Å². The molecule has 0 aliphatic rings. The van der Waals surface area contributed by atoms with E-state index in [9.17, 15) is 9.59 Å². The van der Waals surface area contributed by atoms with Gasteiger partial charge in [-0.05, 0) is 12.8 Å². The van der Waals surface area contributed by atoms with E-state index in [2.05, 4.69) is 24.5 Å². The Bertz CT molecular complexity index is 378. The minimum atomic E-state index is 0.0982. The number of hydrogen-bond acceptors (Lipinski definition) is 4. The maximum absolute atomic E-state index is 11.7. The van der Waals surface area contributed by atoms with Crippen LogP contribution < -0.4 is 10.6 Å². The molecule has 6 heteroatoms. The van der Waals surface area contributed by atoms with Crippen molar-refractivity contribution >= 4 is 11.8 Å². The van der Waals surface area contributed by atoms with E-state index in [-0.39, 0.29) is 11.8 Å². The molecule has 0 rings (SSSR count). The number of carbonyl (C=O) groups excluding carboxylic acids is 2. The summed E-state index contributed by atoms with van der Waals surface area (Å²) in [4.78, 5) is 23.2. The highest BCUT2D eigenvalue weighted by Crippen LogP contribution is 2.09. The number of amides is 2. The lowest BCUT2D eigenvalue weighted by Gasteiger charge is -2.08. The van der Waals surface area contributed by atoms with Crippen molar-refractivity contribution in [2.45, 2.75) is 97.3 Å². The molecule has 0 spiro atoms. The second-order valence-corrected chi connectivity index (χ2v) is 7.61. The monoisotopic (exact) mass is 414 g/mol. The zero-order chi connectivity index (χ0) is 21.4. The minimum Gasteiger partial charge on any atom is -0.377 e. The largest absolute Gasteiger partial charge is 0.377 e. The number of unbranched alkanes of at least 4 members (excludes halogenated alkanes) is 9. The van der Waals surface area contributed by atoms with Gasteiger partial charge in [-0.25, -0.2) is 0 Å². The highest BCUT2D eigenvalue weighted by atomic mass is 16.5. The van der Waals surface area contributed by atoms with Crippen molar-refractivity contribution in [1.29, 1.82) is 0 Å². The molecule has 0 aromatic carbocycles. The van der Waals surface area contributed by atoms with E-state index in [4.69, 9.17) is 9.47 Å². The van der Waals surface area contributed by atoms with E-state index in [0.29, 0.717) is 52.4 Å². The van der Waals surface area contributed by atoms with E-state index in [1.54, 1.807) is 0 Å². The summed E-state index contributed by atoms with van der Waals surface area (Å²) in [5.41, 5.74) is 0. The van der Waals surface area contributed by atoms with Gasteiger partial charge < -0.3 is 20.1 Å². The number of nitrogens with one attached hydrogen (secondary N) is 2. The van der Waals surface area contributed by atoms with Crippen LogP contribution in [0.2, 0.25) is 0 Å². The topological polar surface area (TPSA) is 76.7 Å². The first-order valence-corrected chi connectivity index (χ1v) is 11.9. The summed E-state index contributed by atoms with van der Waals surface area (Å²) in [6.07, 6.45) is 14.3. The van der Waals surface area contributed by atoms with Crippen LogP contribution in [-0.2, 0) is 19.1 Å². The standard InChI is InChI=1S/C23H46N2O4/c1-3-5-7-8-9-10-11-13-15-23(27)25-17-19-29-21-20-28-18-16-24-22(26)14-12-6-4-2/h3-21H2,1-2H3,(H,24,26)(H,25,27). The summed E-state index contributed by atoms with van der Waals surface area (Å²) in [5, 5.41) is 5.74. The van der Waals surface area contributed by atoms with Gasteiger partial charge in [-0.15, -0.1) is 0 Å². The lowest BCUT2D eigenvalue weighted by molar-refractivity contribution is -0.122. The highest BCUT2D eigenvalue weighted by molar-refractivity contribution is 5.76. The SMILES string of the molecule is CCCCCCCCCCC(=O)NCCOCCOCCNC(=O)CCCCC. The van der Waals surface area contributed by atoms with E-state index in [1.165, 1.54) is 38.5 Å². The van der Waals surface area contributed by atoms with Gasteiger partial charge in [0.15, 0.2) is 0 Å². The van der Waals surface area contributed by atoms with E-state index >= 15 is 0 Å². The van der Waals surface area contributed by atoms with Crippen LogP contribution in [0.1, 0.15) is 97.3 Å². The summed E-state index contributed by atoms with van der Waals surface area (Å²) < 4.78 is 10.9. The van der Waals surface area contributed by atoms with Crippen LogP contribution in [-0.4, -0.2) is 51.3 Å². The van der Waals surface area contributed by atoms with Crippen molar-refractivity contribution in [2.24, 2.45) is 0 Å². The van der Waals surface area contributed by atoms with Crippen molar-refractivity contribution in [3.63, 3.8) is 0 Å². The zero-order valence-electron chi connectivity index (χ0n) is 19.1. The number of ether oxygens (including phenoxy) is 2. The number of rotatable bonds is 22. The number of carbonyl (C=O) groups is 2. The fraction of sp³-hybridized carbons (Fsp3) is 0.913. The van der Waals surface area contributed by atoms with Crippen LogP contribution >= 0.6 is 0 Å². The predicted octanol–water partition coefficient (Wildman–Crippen LogP) is 4.36. The van der Waals surface area contributed by atoms with Crippen LogP contribution in [0.4, 0.5) is 0 Å². The van der Waals surface area contributed by atoms with Gasteiger partial charge >= 0.3 is 0 Å². The molecule has 0 saturated carbocycles. The average molecular weight is 415 g/mol. The molecule has 0 fully saturated rings. The van der Waals surface area contributed by atoms with E-state index in [0.717, 1.165) is 32.1 Å². The first-order valence-electron chi connectivity index (χ1n) is 11.9. The van der Waals surface area contributed by atoms with Crippen LogP contribution in [0.25, 0.3) is 0 Å². The third-order valence-electron chi connectivity index (χ3n) is 4.77. The van der Waals surface area contributed by atoms with Crippen molar-refractivity contribution in [3.8, 4) is 0 Å². The smallest absolute Gasteiger partial charge is 0.220 e. The molecule has 0 aromatic heterocycles. The molecule has 172 valence electrons. The Balaban J connectivity index is 3.22. The van der Waals surface area contributed by atoms with Crippen LogP contribution in [0.15, 0.2) is 0 Å². The van der Waals surface area contributed by atoms with Gasteiger partial charge in [0.05, 0.1) is 26.4 Å². The van der Waals surface area contributed by atoms with Crippen molar-refractivity contribution in [3.05, 3.63) is 0 Å². The van der Waals surface area contributed by atoms with Gasteiger partial charge in [0.25, 0.3) is 0 Å². The summed E-state index contributed by atoms with van der Waals surface area (Å²) in [6.45, 7) is 7.44. The molecule has 0 aliphatic heterocycles. The molecule has 0 atom stereocenters. The summed E-state index contributed by atoms with van der Waals surface area (Å²) >= 11 is 0. The first kappa shape index (κ1) is 27.9. The fourth-order valence-electron chi connectivity index (χ4n) is 2.98. The Morgan fingerprint density at radius 3 is 1.41 bits per heavy atom. The Hall–Kier alpha value is -1.14. The average Bonchev–Trinajstić information content (AvgIpc) is 2.71. The summed E-state index contributed by atoms with van der Waals surface area (Å²) in [7, 11) is 0. The Labute approximate surface area is 178 Å². The molecule has 0 heterocycles.